The van der Waals surface area contributed by atoms with E-state index in [1.807, 2.05) is 12.1 Å². The zero-order valence-electron chi connectivity index (χ0n) is 17.4. The summed E-state index contributed by atoms with van der Waals surface area (Å²) in [7, 11) is 0. The van der Waals surface area contributed by atoms with Gasteiger partial charge in [-0.2, -0.15) is 4.89 Å². The van der Waals surface area contributed by atoms with E-state index in [4.69, 9.17) is 14.5 Å². The molecule has 27 heavy (non-hydrogen) atoms. The van der Waals surface area contributed by atoms with Gasteiger partial charge in [-0.1, -0.05) is 71.4 Å². The standard InChI is InChI=1S/C23H37O4/c1-4-7-9-10-12-21-13-15-22(16-14-21)23(24)27-26-18-17-25-19-20(6-3)11-8-5-2/h13-16,18,20H,4-12,17,19H2,1-3H3. The number of carbonyl (C=O) groups excluding carboxylic acids is 1. The Morgan fingerprint density at radius 2 is 1.74 bits per heavy atom. The summed E-state index contributed by atoms with van der Waals surface area (Å²) in [6, 6.07) is 7.54. The van der Waals surface area contributed by atoms with Gasteiger partial charge in [0, 0.05) is 6.61 Å². The highest BCUT2D eigenvalue weighted by Gasteiger charge is 2.09. The summed E-state index contributed by atoms with van der Waals surface area (Å²) in [6.07, 6.45) is 10.8. The van der Waals surface area contributed by atoms with Gasteiger partial charge in [0.1, 0.15) is 0 Å². The maximum atomic E-state index is 12.0. The second-order valence-electron chi connectivity index (χ2n) is 7.10. The van der Waals surface area contributed by atoms with Crippen molar-refractivity contribution in [1.82, 2.24) is 0 Å². The quantitative estimate of drug-likeness (QED) is 0.193. The lowest BCUT2D eigenvalue weighted by Crippen LogP contribution is -2.11. The van der Waals surface area contributed by atoms with E-state index in [1.165, 1.54) is 57.1 Å². The Kier molecular flexibility index (Phi) is 13.7. The minimum atomic E-state index is -0.488. The van der Waals surface area contributed by atoms with Gasteiger partial charge in [0.2, 0.25) is 0 Å². The molecule has 0 heterocycles. The molecular formula is C23H37O4. The number of aryl methyl sites for hydroxylation is 1. The smallest absolute Gasteiger partial charge is 0.373 e. The summed E-state index contributed by atoms with van der Waals surface area (Å²) in [5.74, 6) is 0.0968. The largest absolute Gasteiger partial charge is 0.378 e. The number of benzene rings is 1. The molecule has 1 radical (unpaired) electrons. The number of rotatable bonds is 16. The van der Waals surface area contributed by atoms with E-state index in [0.29, 0.717) is 24.7 Å². The number of unbranched alkanes of at least 4 members (excludes halogenated alkanes) is 4. The van der Waals surface area contributed by atoms with Crippen molar-refractivity contribution >= 4 is 5.97 Å². The van der Waals surface area contributed by atoms with Crippen LogP contribution in [0.2, 0.25) is 0 Å². The summed E-state index contributed by atoms with van der Waals surface area (Å²) >= 11 is 0. The van der Waals surface area contributed by atoms with Gasteiger partial charge in [0.05, 0.1) is 12.2 Å². The average Bonchev–Trinajstić information content (AvgIpc) is 2.70. The summed E-state index contributed by atoms with van der Waals surface area (Å²) in [6.45, 7) is 9.00. The Balaban J connectivity index is 2.15. The van der Waals surface area contributed by atoms with Crippen LogP contribution in [0.1, 0.15) is 88.1 Å². The first-order valence-electron chi connectivity index (χ1n) is 10.6. The summed E-state index contributed by atoms with van der Waals surface area (Å²) in [5, 5.41) is 0. The predicted octanol–water partition coefficient (Wildman–Crippen LogP) is 6.29. The maximum absolute atomic E-state index is 12.0. The number of carbonyl (C=O) groups is 1. The molecule has 0 aliphatic rings. The van der Waals surface area contributed by atoms with Crippen LogP contribution >= 0.6 is 0 Å². The fourth-order valence-corrected chi connectivity index (χ4v) is 2.90. The van der Waals surface area contributed by atoms with Crippen LogP contribution in [0.15, 0.2) is 24.3 Å². The number of hydrogen-bond acceptors (Lipinski definition) is 4. The van der Waals surface area contributed by atoms with E-state index < -0.39 is 5.97 Å². The van der Waals surface area contributed by atoms with Crippen molar-refractivity contribution < 1.29 is 19.3 Å². The first kappa shape index (κ1) is 23.6. The molecule has 1 atom stereocenters. The molecule has 4 nitrogen and oxygen atoms in total. The minimum Gasteiger partial charge on any atom is -0.378 e. The second-order valence-corrected chi connectivity index (χ2v) is 7.10. The molecular weight excluding hydrogens is 340 g/mol. The van der Waals surface area contributed by atoms with Crippen LogP contribution in [0.4, 0.5) is 0 Å². The highest BCUT2D eigenvalue weighted by molar-refractivity contribution is 5.88. The molecule has 0 bridgehead atoms. The molecule has 0 amide bonds. The van der Waals surface area contributed by atoms with Gasteiger partial charge in [-0.25, -0.2) is 4.79 Å². The molecule has 0 aliphatic heterocycles. The second kappa shape index (κ2) is 15.6. The van der Waals surface area contributed by atoms with Gasteiger partial charge in [-0.15, -0.1) is 0 Å². The van der Waals surface area contributed by atoms with E-state index in [0.717, 1.165) is 12.8 Å². The van der Waals surface area contributed by atoms with Gasteiger partial charge in [-0.05, 0) is 42.9 Å². The normalized spacial score (nSPS) is 12.1. The van der Waals surface area contributed by atoms with Crippen LogP contribution in [0, 0.1) is 12.5 Å². The monoisotopic (exact) mass is 377 g/mol. The Morgan fingerprint density at radius 1 is 1.00 bits per heavy atom. The molecule has 153 valence electrons. The third-order valence-corrected chi connectivity index (χ3v) is 4.78. The first-order valence-corrected chi connectivity index (χ1v) is 10.6. The molecule has 1 aromatic rings. The Bertz CT molecular complexity index is 484. The molecule has 1 rings (SSSR count). The van der Waals surface area contributed by atoms with Crippen molar-refractivity contribution in [1.29, 1.82) is 0 Å². The Morgan fingerprint density at radius 3 is 2.41 bits per heavy atom. The summed E-state index contributed by atoms with van der Waals surface area (Å²) < 4.78 is 5.57. The lowest BCUT2D eigenvalue weighted by molar-refractivity contribution is -0.218. The van der Waals surface area contributed by atoms with Gasteiger partial charge in [0.25, 0.3) is 0 Å². The lowest BCUT2D eigenvalue weighted by Gasteiger charge is -2.14. The fraction of sp³-hybridized carbons (Fsp3) is 0.652. The summed E-state index contributed by atoms with van der Waals surface area (Å²) in [5.41, 5.74) is 1.74. The van der Waals surface area contributed by atoms with Crippen molar-refractivity contribution in [2.24, 2.45) is 5.92 Å². The molecule has 1 unspecified atom stereocenters. The number of hydrogen-bond donors (Lipinski definition) is 0. The SMILES string of the molecule is CCCCCCc1ccc(C(=O)OO[CH]COCC(CC)CCCC)cc1. The highest BCUT2D eigenvalue weighted by Crippen LogP contribution is 2.13. The third kappa shape index (κ3) is 11.1. The molecule has 0 aliphatic carbocycles. The molecule has 0 N–H and O–H groups in total. The van der Waals surface area contributed by atoms with Gasteiger partial charge < -0.3 is 4.74 Å². The zero-order chi connectivity index (χ0) is 19.7. The van der Waals surface area contributed by atoms with E-state index in [1.54, 1.807) is 12.1 Å². The van der Waals surface area contributed by atoms with Crippen LogP contribution < -0.4 is 0 Å². The van der Waals surface area contributed by atoms with Crippen LogP contribution in [-0.4, -0.2) is 19.2 Å². The fourth-order valence-electron chi connectivity index (χ4n) is 2.90. The third-order valence-electron chi connectivity index (χ3n) is 4.78. The summed E-state index contributed by atoms with van der Waals surface area (Å²) in [4.78, 5) is 21.6. The van der Waals surface area contributed by atoms with Gasteiger partial charge in [0.15, 0.2) is 6.61 Å². The van der Waals surface area contributed by atoms with Crippen LogP contribution in [-0.2, 0) is 20.9 Å². The average molecular weight is 378 g/mol. The van der Waals surface area contributed by atoms with Crippen molar-refractivity contribution in [3.05, 3.63) is 42.0 Å². The van der Waals surface area contributed by atoms with Crippen LogP contribution in [0.25, 0.3) is 0 Å². The van der Waals surface area contributed by atoms with Crippen molar-refractivity contribution in [3.63, 3.8) is 0 Å². The van der Waals surface area contributed by atoms with E-state index in [-0.39, 0.29) is 0 Å². The molecule has 0 saturated carbocycles. The Hall–Kier alpha value is -1.39. The molecule has 0 saturated heterocycles. The van der Waals surface area contributed by atoms with E-state index in [2.05, 4.69) is 20.8 Å². The van der Waals surface area contributed by atoms with E-state index >= 15 is 0 Å². The van der Waals surface area contributed by atoms with E-state index in [9.17, 15) is 4.79 Å². The predicted molar refractivity (Wildman–Crippen MR) is 109 cm³/mol. The first-order chi connectivity index (χ1) is 13.2. The highest BCUT2D eigenvalue weighted by atomic mass is 17.2. The van der Waals surface area contributed by atoms with Crippen molar-refractivity contribution in [2.45, 2.75) is 78.6 Å². The lowest BCUT2D eigenvalue weighted by atomic mass is 10.0. The minimum absolute atomic E-state index is 0.312. The maximum Gasteiger partial charge on any atom is 0.373 e. The van der Waals surface area contributed by atoms with Crippen molar-refractivity contribution in [2.75, 3.05) is 13.2 Å². The molecule has 0 spiro atoms. The van der Waals surface area contributed by atoms with Gasteiger partial charge >= 0.3 is 5.97 Å². The molecule has 0 aromatic heterocycles. The molecule has 1 aromatic carbocycles. The zero-order valence-corrected chi connectivity index (χ0v) is 17.4. The van der Waals surface area contributed by atoms with Gasteiger partial charge in [-0.3, -0.25) is 4.89 Å². The Labute approximate surface area is 165 Å². The molecule has 0 fully saturated rings. The van der Waals surface area contributed by atoms with Crippen molar-refractivity contribution in [3.8, 4) is 0 Å². The number of ether oxygens (including phenoxy) is 1. The molecule has 4 heteroatoms. The topological polar surface area (TPSA) is 44.8 Å². The van der Waals surface area contributed by atoms with Crippen LogP contribution in [0.5, 0.6) is 0 Å². The van der Waals surface area contributed by atoms with Crippen LogP contribution in [0.3, 0.4) is 0 Å².